The van der Waals surface area contributed by atoms with Gasteiger partial charge in [-0.15, -0.1) is 0 Å². The second-order valence-electron chi connectivity index (χ2n) is 4.69. The highest BCUT2D eigenvalue weighted by molar-refractivity contribution is 5.98. The minimum Gasteiger partial charge on any atom is -0.338 e. The van der Waals surface area contributed by atoms with E-state index in [9.17, 15) is 23.7 Å². The third-order valence-electron chi connectivity index (χ3n) is 3.18. The molecule has 102 valence electrons. The number of nitro benzene ring substituents is 1. The number of carbonyl (C=O) groups is 1. The minimum atomic E-state index is -1.34. The van der Waals surface area contributed by atoms with Gasteiger partial charge in [0.1, 0.15) is 5.56 Å². The Kier molecular flexibility index (Phi) is 3.46. The lowest BCUT2D eigenvalue weighted by Crippen LogP contribution is -2.29. The number of carbonyl (C=O) groups excluding carboxylic acids is 1. The summed E-state index contributed by atoms with van der Waals surface area (Å²) in [6.07, 6.45) is 0.795. The lowest BCUT2D eigenvalue weighted by atomic mass is 10.1. The van der Waals surface area contributed by atoms with Crippen molar-refractivity contribution in [2.75, 3.05) is 13.1 Å². The first-order valence-corrected chi connectivity index (χ1v) is 5.83. The van der Waals surface area contributed by atoms with E-state index >= 15 is 0 Å². The number of benzene rings is 1. The number of hydrogen-bond acceptors (Lipinski definition) is 3. The van der Waals surface area contributed by atoms with Crippen LogP contribution in [0.1, 0.15) is 23.7 Å². The Bertz CT molecular complexity index is 548. The van der Waals surface area contributed by atoms with E-state index in [1.807, 2.05) is 6.92 Å². The predicted octanol–water partition coefficient (Wildman–Crippen LogP) is 2.36. The lowest BCUT2D eigenvalue weighted by Gasteiger charge is -2.15. The van der Waals surface area contributed by atoms with Gasteiger partial charge in [-0.25, -0.2) is 8.78 Å². The van der Waals surface area contributed by atoms with E-state index in [1.165, 1.54) is 4.90 Å². The third kappa shape index (κ3) is 2.54. The maximum absolute atomic E-state index is 13.2. The van der Waals surface area contributed by atoms with E-state index in [1.54, 1.807) is 0 Å². The van der Waals surface area contributed by atoms with Crippen molar-refractivity contribution < 1.29 is 18.5 Å². The van der Waals surface area contributed by atoms with Crippen LogP contribution >= 0.6 is 0 Å². The summed E-state index contributed by atoms with van der Waals surface area (Å²) in [6, 6.07) is 1.04. The first-order valence-electron chi connectivity index (χ1n) is 5.83. The first-order chi connectivity index (χ1) is 8.90. The normalized spacial score (nSPS) is 18.7. The Labute approximate surface area is 108 Å². The molecule has 1 aliphatic rings. The van der Waals surface area contributed by atoms with Gasteiger partial charge in [-0.2, -0.15) is 0 Å². The molecule has 1 aromatic rings. The smallest absolute Gasteiger partial charge is 0.285 e. The molecule has 0 radical (unpaired) electrons. The largest absolute Gasteiger partial charge is 0.338 e. The highest BCUT2D eigenvalue weighted by atomic mass is 19.2. The van der Waals surface area contributed by atoms with Crippen LogP contribution in [0.2, 0.25) is 0 Å². The summed E-state index contributed by atoms with van der Waals surface area (Å²) >= 11 is 0. The summed E-state index contributed by atoms with van der Waals surface area (Å²) in [5.74, 6) is -2.93. The number of rotatable bonds is 2. The zero-order valence-electron chi connectivity index (χ0n) is 10.2. The van der Waals surface area contributed by atoms with Gasteiger partial charge >= 0.3 is 0 Å². The highest BCUT2D eigenvalue weighted by Crippen LogP contribution is 2.26. The minimum absolute atomic E-state index is 0.299. The molecule has 5 nitrogen and oxygen atoms in total. The Balaban J connectivity index is 2.40. The van der Waals surface area contributed by atoms with Crippen molar-refractivity contribution in [2.45, 2.75) is 13.3 Å². The topological polar surface area (TPSA) is 63.5 Å². The Morgan fingerprint density at radius 2 is 2.05 bits per heavy atom. The van der Waals surface area contributed by atoms with E-state index in [0.717, 1.165) is 6.42 Å². The van der Waals surface area contributed by atoms with Crippen molar-refractivity contribution in [3.63, 3.8) is 0 Å². The molecule has 0 saturated carbocycles. The zero-order chi connectivity index (χ0) is 14.2. The van der Waals surface area contributed by atoms with Gasteiger partial charge in [0.2, 0.25) is 0 Å². The molecule has 1 saturated heterocycles. The van der Waals surface area contributed by atoms with Crippen LogP contribution in [0.5, 0.6) is 0 Å². The second kappa shape index (κ2) is 4.91. The SMILES string of the molecule is CC1CCN(C(=O)c2cc(F)c(F)cc2[N+](=O)[O-])C1. The molecule has 1 unspecified atom stereocenters. The third-order valence-corrected chi connectivity index (χ3v) is 3.18. The number of hydrogen-bond donors (Lipinski definition) is 0. The molecule has 2 rings (SSSR count). The molecule has 19 heavy (non-hydrogen) atoms. The zero-order valence-corrected chi connectivity index (χ0v) is 10.2. The fraction of sp³-hybridized carbons (Fsp3) is 0.417. The van der Waals surface area contributed by atoms with Gasteiger partial charge < -0.3 is 4.90 Å². The molecule has 7 heteroatoms. The van der Waals surface area contributed by atoms with Gasteiger partial charge in [0, 0.05) is 13.1 Å². The molecule has 1 fully saturated rings. The maximum Gasteiger partial charge on any atom is 0.285 e. The predicted molar refractivity (Wildman–Crippen MR) is 62.7 cm³/mol. The molecule has 0 bridgehead atoms. The molecule has 0 aliphatic carbocycles. The van der Waals surface area contributed by atoms with Crippen molar-refractivity contribution in [1.29, 1.82) is 0 Å². The van der Waals surface area contributed by atoms with Gasteiger partial charge in [-0.3, -0.25) is 14.9 Å². The van der Waals surface area contributed by atoms with Gasteiger partial charge in [-0.05, 0) is 18.4 Å². The molecular weight excluding hydrogens is 258 g/mol. The Morgan fingerprint density at radius 3 is 2.58 bits per heavy atom. The second-order valence-corrected chi connectivity index (χ2v) is 4.69. The van der Waals surface area contributed by atoms with Crippen LogP contribution in [-0.4, -0.2) is 28.8 Å². The monoisotopic (exact) mass is 270 g/mol. The maximum atomic E-state index is 13.2. The molecule has 0 aromatic heterocycles. The van der Waals surface area contributed by atoms with Crippen LogP contribution in [0, 0.1) is 27.7 Å². The molecule has 1 amide bonds. The molecule has 1 aliphatic heterocycles. The van der Waals surface area contributed by atoms with Crippen molar-refractivity contribution in [1.82, 2.24) is 4.90 Å². The summed E-state index contributed by atoms with van der Waals surface area (Å²) in [4.78, 5) is 23.5. The number of halogens is 2. The van der Waals surface area contributed by atoms with E-state index < -0.39 is 33.7 Å². The summed E-state index contributed by atoms with van der Waals surface area (Å²) in [5, 5.41) is 10.8. The van der Waals surface area contributed by atoms with Crippen molar-refractivity contribution in [2.24, 2.45) is 5.92 Å². The van der Waals surface area contributed by atoms with Crippen LogP contribution in [0.15, 0.2) is 12.1 Å². The average Bonchev–Trinajstić information content (AvgIpc) is 2.77. The van der Waals surface area contributed by atoms with Crippen molar-refractivity contribution >= 4 is 11.6 Å². The number of likely N-dealkylation sites (tertiary alicyclic amines) is 1. The fourth-order valence-electron chi connectivity index (χ4n) is 2.15. The molecular formula is C12H12F2N2O3. The van der Waals surface area contributed by atoms with Crippen molar-refractivity contribution in [3.8, 4) is 0 Å². The lowest BCUT2D eigenvalue weighted by molar-refractivity contribution is -0.385. The van der Waals surface area contributed by atoms with Gasteiger partial charge in [0.15, 0.2) is 11.6 Å². The van der Waals surface area contributed by atoms with Crippen LogP contribution in [0.3, 0.4) is 0 Å². The molecule has 0 N–H and O–H groups in total. The molecule has 1 aromatic carbocycles. The van der Waals surface area contributed by atoms with Gasteiger partial charge in [-0.1, -0.05) is 6.92 Å². The van der Waals surface area contributed by atoms with Crippen molar-refractivity contribution in [3.05, 3.63) is 39.4 Å². The molecule has 1 heterocycles. The summed E-state index contributed by atoms with van der Waals surface area (Å²) in [6.45, 7) is 2.89. The van der Waals surface area contributed by atoms with E-state index in [0.29, 0.717) is 31.1 Å². The number of nitrogens with zero attached hydrogens (tertiary/aromatic N) is 2. The van der Waals surface area contributed by atoms with Gasteiger partial charge in [0.25, 0.3) is 11.6 Å². The first kappa shape index (κ1) is 13.4. The Hall–Kier alpha value is -2.05. The van der Waals surface area contributed by atoms with E-state index in [2.05, 4.69) is 0 Å². The molecule has 1 atom stereocenters. The van der Waals surface area contributed by atoms with Crippen LogP contribution in [0.4, 0.5) is 14.5 Å². The van der Waals surface area contributed by atoms with Crippen LogP contribution in [-0.2, 0) is 0 Å². The van der Waals surface area contributed by atoms with Crippen LogP contribution in [0.25, 0.3) is 0 Å². The number of amides is 1. The average molecular weight is 270 g/mol. The Morgan fingerprint density at radius 1 is 1.42 bits per heavy atom. The molecule has 0 spiro atoms. The van der Waals surface area contributed by atoms with Gasteiger partial charge in [0.05, 0.1) is 11.0 Å². The standard InChI is InChI=1S/C12H12F2N2O3/c1-7-2-3-15(6-7)12(17)8-4-9(13)10(14)5-11(8)16(18)19/h4-5,7H,2-3,6H2,1H3. The summed E-state index contributed by atoms with van der Waals surface area (Å²) in [5.41, 5.74) is -1.11. The fourth-order valence-corrected chi connectivity index (χ4v) is 2.15. The van der Waals surface area contributed by atoms with E-state index in [4.69, 9.17) is 0 Å². The summed E-state index contributed by atoms with van der Waals surface area (Å²) < 4.78 is 26.2. The van der Waals surface area contributed by atoms with Crippen LogP contribution < -0.4 is 0 Å². The highest BCUT2D eigenvalue weighted by Gasteiger charge is 2.30. The summed E-state index contributed by atoms with van der Waals surface area (Å²) in [7, 11) is 0. The van der Waals surface area contributed by atoms with E-state index in [-0.39, 0.29) is 0 Å². The quantitative estimate of drug-likeness (QED) is 0.612. The number of nitro groups is 1.